The Labute approximate surface area is 141 Å². The molecule has 0 aromatic carbocycles. The van der Waals surface area contributed by atoms with Gasteiger partial charge >= 0.3 is 0 Å². The minimum absolute atomic E-state index is 0.468. The fourth-order valence-corrected chi connectivity index (χ4v) is 3.39. The minimum atomic E-state index is 0.468. The van der Waals surface area contributed by atoms with E-state index in [-0.39, 0.29) is 0 Å². The summed E-state index contributed by atoms with van der Waals surface area (Å²) in [5.74, 6) is 0.468. The first-order chi connectivity index (χ1) is 11.8. The lowest BCUT2D eigenvalue weighted by atomic mass is 10.1. The van der Waals surface area contributed by atoms with Crippen molar-refractivity contribution < 1.29 is 0 Å². The molecule has 1 fully saturated rings. The molecule has 0 saturated carbocycles. The molecule has 1 saturated heterocycles. The molecule has 4 heterocycles. The predicted molar refractivity (Wildman–Crippen MR) is 94.6 cm³/mol. The molecule has 1 aliphatic rings. The quantitative estimate of drug-likeness (QED) is 0.781. The van der Waals surface area contributed by atoms with E-state index in [0.717, 1.165) is 29.7 Å². The van der Waals surface area contributed by atoms with E-state index in [1.165, 1.54) is 38.0 Å². The Morgan fingerprint density at radius 3 is 2.79 bits per heavy atom. The van der Waals surface area contributed by atoms with Crippen LogP contribution < -0.4 is 5.73 Å². The summed E-state index contributed by atoms with van der Waals surface area (Å²) in [7, 11) is 0. The molecule has 3 aromatic heterocycles. The summed E-state index contributed by atoms with van der Waals surface area (Å²) in [5, 5.41) is 4.42. The number of hydrogen-bond donors (Lipinski definition) is 1. The van der Waals surface area contributed by atoms with Crippen molar-refractivity contribution in [1.29, 1.82) is 0 Å². The second-order valence-electron chi connectivity index (χ2n) is 6.36. The molecule has 0 bridgehead atoms. The monoisotopic (exact) mass is 322 g/mol. The van der Waals surface area contributed by atoms with Gasteiger partial charge in [-0.2, -0.15) is 0 Å². The summed E-state index contributed by atoms with van der Waals surface area (Å²) < 4.78 is 1.78. The topological polar surface area (TPSA) is 72.3 Å². The number of fused-ring (bicyclic) bond motifs is 1. The van der Waals surface area contributed by atoms with Gasteiger partial charge in [0.05, 0.1) is 11.3 Å². The molecule has 0 aliphatic carbocycles. The molecule has 0 amide bonds. The van der Waals surface area contributed by atoms with E-state index >= 15 is 0 Å². The van der Waals surface area contributed by atoms with Gasteiger partial charge in [0.15, 0.2) is 11.5 Å². The zero-order chi connectivity index (χ0) is 16.4. The maximum absolute atomic E-state index is 6.10. The second kappa shape index (κ2) is 6.57. The van der Waals surface area contributed by atoms with Crippen LogP contribution in [0, 0.1) is 0 Å². The molecule has 6 heteroatoms. The first-order valence-corrected chi connectivity index (χ1v) is 8.58. The highest BCUT2D eigenvalue weighted by Crippen LogP contribution is 2.27. The normalized spacial score (nSPS) is 15.3. The lowest BCUT2D eigenvalue weighted by molar-refractivity contribution is 0.334. The first kappa shape index (κ1) is 15.1. The van der Waals surface area contributed by atoms with Crippen LogP contribution in [0.5, 0.6) is 0 Å². The van der Waals surface area contributed by atoms with Crippen molar-refractivity contribution in [1.82, 2.24) is 24.5 Å². The SMILES string of the molecule is Nc1nn2cc(CCCN3CCCC3)cnc2c1-c1ccccn1. The average Bonchev–Trinajstić information content (AvgIpc) is 3.22. The van der Waals surface area contributed by atoms with Crippen LogP contribution in [0.25, 0.3) is 16.9 Å². The van der Waals surface area contributed by atoms with Crippen molar-refractivity contribution in [3.05, 3.63) is 42.4 Å². The minimum Gasteiger partial charge on any atom is -0.382 e. The van der Waals surface area contributed by atoms with Crippen LogP contribution in [-0.4, -0.2) is 44.1 Å². The van der Waals surface area contributed by atoms with Crippen molar-refractivity contribution in [3.63, 3.8) is 0 Å². The summed E-state index contributed by atoms with van der Waals surface area (Å²) in [6.07, 6.45) is 10.6. The van der Waals surface area contributed by atoms with Crippen molar-refractivity contribution >= 4 is 11.5 Å². The molecule has 6 nitrogen and oxygen atoms in total. The van der Waals surface area contributed by atoms with Crippen LogP contribution in [0.1, 0.15) is 24.8 Å². The molecular formula is C18H22N6. The number of anilines is 1. The van der Waals surface area contributed by atoms with Gasteiger partial charge in [-0.1, -0.05) is 6.07 Å². The summed E-state index contributed by atoms with van der Waals surface area (Å²) in [4.78, 5) is 11.5. The Hall–Kier alpha value is -2.47. The Balaban J connectivity index is 1.53. The predicted octanol–water partition coefficient (Wildman–Crippen LogP) is 2.40. The van der Waals surface area contributed by atoms with Gasteiger partial charge < -0.3 is 10.6 Å². The van der Waals surface area contributed by atoms with Crippen LogP contribution in [0.2, 0.25) is 0 Å². The van der Waals surface area contributed by atoms with E-state index in [1.54, 1.807) is 10.7 Å². The molecule has 24 heavy (non-hydrogen) atoms. The van der Waals surface area contributed by atoms with Gasteiger partial charge in [-0.25, -0.2) is 9.50 Å². The van der Waals surface area contributed by atoms with Gasteiger partial charge in [0.1, 0.15) is 0 Å². The van der Waals surface area contributed by atoms with E-state index in [4.69, 9.17) is 5.73 Å². The smallest absolute Gasteiger partial charge is 0.166 e. The van der Waals surface area contributed by atoms with E-state index in [0.29, 0.717) is 5.82 Å². The average molecular weight is 322 g/mol. The van der Waals surface area contributed by atoms with Gasteiger partial charge in [0, 0.05) is 18.6 Å². The van der Waals surface area contributed by atoms with E-state index < -0.39 is 0 Å². The van der Waals surface area contributed by atoms with Gasteiger partial charge in [-0.3, -0.25) is 4.98 Å². The van der Waals surface area contributed by atoms with Gasteiger partial charge in [-0.15, -0.1) is 5.10 Å². The zero-order valence-corrected chi connectivity index (χ0v) is 13.7. The van der Waals surface area contributed by atoms with E-state index in [1.807, 2.05) is 30.6 Å². The summed E-state index contributed by atoms with van der Waals surface area (Å²) in [6, 6.07) is 5.76. The molecule has 0 unspecified atom stereocenters. The summed E-state index contributed by atoms with van der Waals surface area (Å²) in [6.45, 7) is 3.67. The molecule has 3 aromatic rings. The molecule has 1 aliphatic heterocycles. The molecule has 0 spiro atoms. The third kappa shape index (κ3) is 2.97. The highest BCUT2D eigenvalue weighted by molar-refractivity contribution is 5.84. The van der Waals surface area contributed by atoms with Gasteiger partial charge in [0.2, 0.25) is 0 Å². The van der Waals surface area contributed by atoms with Crippen LogP contribution in [0.4, 0.5) is 5.82 Å². The third-order valence-electron chi connectivity index (χ3n) is 4.61. The Morgan fingerprint density at radius 2 is 2.00 bits per heavy atom. The molecule has 0 atom stereocenters. The van der Waals surface area contributed by atoms with Crippen LogP contribution >= 0.6 is 0 Å². The lowest BCUT2D eigenvalue weighted by Gasteiger charge is -2.13. The maximum Gasteiger partial charge on any atom is 0.166 e. The number of likely N-dealkylation sites (tertiary alicyclic amines) is 1. The number of nitrogens with zero attached hydrogens (tertiary/aromatic N) is 5. The summed E-state index contributed by atoms with van der Waals surface area (Å²) >= 11 is 0. The fourth-order valence-electron chi connectivity index (χ4n) is 3.39. The third-order valence-corrected chi connectivity index (χ3v) is 4.61. The Kier molecular flexibility index (Phi) is 4.13. The Morgan fingerprint density at radius 1 is 1.12 bits per heavy atom. The Bertz CT molecular complexity index is 820. The van der Waals surface area contributed by atoms with Crippen LogP contribution in [-0.2, 0) is 6.42 Å². The summed E-state index contributed by atoms with van der Waals surface area (Å²) in [5.41, 5.74) is 9.66. The number of aromatic nitrogens is 4. The van der Waals surface area contributed by atoms with E-state index in [9.17, 15) is 0 Å². The highest BCUT2D eigenvalue weighted by Gasteiger charge is 2.15. The number of nitrogens with two attached hydrogens (primary N) is 1. The van der Waals surface area contributed by atoms with Crippen molar-refractivity contribution in [3.8, 4) is 11.3 Å². The first-order valence-electron chi connectivity index (χ1n) is 8.58. The number of pyridine rings is 1. The van der Waals surface area contributed by atoms with E-state index in [2.05, 4.69) is 20.0 Å². The van der Waals surface area contributed by atoms with Crippen LogP contribution in [0.15, 0.2) is 36.8 Å². The number of hydrogen-bond acceptors (Lipinski definition) is 5. The van der Waals surface area contributed by atoms with Crippen molar-refractivity contribution in [2.24, 2.45) is 0 Å². The zero-order valence-electron chi connectivity index (χ0n) is 13.7. The molecular weight excluding hydrogens is 300 g/mol. The second-order valence-corrected chi connectivity index (χ2v) is 6.36. The lowest BCUT2D eigenvalue weighted by Crippen LogP contribution is -2.20. The molecule has 124 valence electrons. The van der Waals surface area contributed by atoms with Crippen molar-refractivity contribution in [2.45, 2.75) is 25.7 Å². The highest BCUT2D eigenvalue weighted by atomic mass is 15.3. The standard InChI is InChI=1S/C18H22N6/c19-17-16(15-7-1-2-8-20-15)18-21-12-14(13-24(18)22-17)6-5-11-23-9-3-4-10-23/h1-2,7-8,12-13H,3-6,9-11H2,(H2,19,22). The molecule has 0 radical (unpaired) electrons. The number of rotatable bonds is 5. The van der Waals surface area contributed by atoms with Gasteiger partial charge in [-0.05, 0) is 63.0 Å². The number of nitrogen functional groups attached to an aromatic ring is 1. The molecule has 2 N–H and O–H groups in total. The number of aryl methyl sites for hydroxylation is 1. The molecule has 4 rings (SSSR count). The van der Waals surface area contributed by atoms with Crippen molar-refractivity contribution in [2.75, 3.05) is 25.4 Å². The van der Waals surface area contributed by atoms with Gasteiger partial charge in [0.25, 0.3) is 0 Å². The van der Waals surface area contributed by atoms with Crippen LogP contribution in [0.3, 0.4) is 0 Å². The fraction of sp³-hybridized carbons (Fsp3) is 0.389. The largest absolute Gasteiger partial charge is 0.382 e. The maximum atomic E-state index is 6.10.